The maximum Gasteiger partial charge on any atom is 0.264 e. The number of nitrogens with zero attached hydrogens (tertiary/aromatic N) is 1. The molecule has 0 saturated heterocycles. The van der Waals surface area contributed by atoms with Crippen LogP contribution in [-0.4, -0.2) is 19.2 Å². The van der Waals surface area contributed by atoms with E-state index < -0.39 is 10.1 Å². The van der Waals surface area contributed by atoms with Gasteiger partial charge in [-0.05, 0) is 46.3 Å². The second kappa shape index (κ2) is 7.02. The van der Waals surface area contributed by atoms with E-state index in [0.717, 1.165) is 28.6 Å². The average molecular weight is 377 g/mol. The third-order valence-corrected chi connectivity index (χ3v) is 5.02. The molecule has 1 aromatic heterocycles. The van der Waals surface area contributed by atoms with Crippen molar-refractivity contribution in [1.82, 2.24) is 4.57 Å². The molecule has 0 fully saturated rings. The Hall–Kier alpha value is -2.89. The number of rotatable bonds is 5. The molecule has 0 aliphatic carbocycles. The van der Waals surface area contributed by atoms with Gasteiger partial charge in [0.15, 0.2) is 0 Å². The lowest BCUT2D eigenvalue weighted by Gasteiger charge is -2.08. The van der Waals surface area contributed by atoms with Gasteiger partial charge in [0.1, 0.15) is 0 Å². The number of benzene rings is 3. The molecule has 4 nitrogen and oxygen atoms in total. The van der Waals surface area contributed by atoms with Crippen molar-refractivity contribution in [3.8, 4) is 16.8 Å². The van der Waals surface area contributed by atoms with E-state index in [1.54, 1.807) is 0 Å². The molecule has 4 rings (SSSR count). The second-order valence-corrected chi connectivity index (χ2v) is 8.10. The van der Waals surface area contributed by atoms with Crippen LogP contribution in [0.5, 0.6) is 0 Å². The van der Waals surface area contributed by atoms with Gasteiger partial charge >= 0.3 is 0 Å². The number of para-hydroxylation sites is 1. The highest BCUT2D eigenvalue weighted by molar-refractivity contribution is 7.85. The third-order valence-electron chi connectivity index (χ3n) is 4.47. The Morgan fingerprint density at radius 1 is 0.815 bits per heavy atom. The molecule has 0 aliphatic rings. The second-order valence-electron chi connectivity index (χ2n) is 6.45. The molecule has 0 bridgehead atoms. The van der Waals surface area contributed by atoms with Crippen molar-refractivity contribution in [2.75, 3.05) is 6.26 Å². The molecule has 27 heavy (non-hydrogen) atoms. The highest BCUT2D eigenvalue weighted by Gasteiger charge is 2.05. The fraction of sp³-hybridized carbons (Fsp3) is 0.0909. The van der Waals surface area contributed by atoms with E-state index >= 15 is 0 Å². The fourth-order valence-corrected chi connectivity index (χ4v) is 3.44. The van der Waals surface area contributed by atoms with E-state index in [4.69, 9.17) is 4.18 Å². The minimum absolute atomic E-state index is 0.0543. The molecule has 3 aromatic carbocycles. The first-order valence-electron chi connectivity index (χ1n) is 8.60. The van der Waals surface area contributed by atoms with Crippen molar-refractivity contribution < 1.29 is 12.6 Å². The van der Waals surface area contributed by atoms with Gasteiger partial charge in [0, 0.05) is 11.9 Å². The zero-order valence-electron chi connectivity index (χ0n) is 14.9. The standard InChI is InChI=1S/C22H19NO3S/c1-27(24,25)26-16-17-6-8-18(9-7-17)19-10-12-21(13-11-19)23-15-14-20-4-2-3-5-22(20)23/h2-15H,16H2,1H3. The van der Waals surface area contributed by atoms with Crippen LogP contribution in [0.4, 0.5) is 0 Å². The Morgan fingerprint density at radius 2 is 1.44 bits per heavy atom. The van der Waals surface area contributed by atoms with Crippen LogP contribution in [-0.2, 0) is 20.9 Å². The lowest BCUT2D eigenvalue weighted by molar-refractivity contribution is 0.312. The normalized spacial score (nSPS) is 11.7. The molecule has 0 spiro atoms. The average Bonchev–Trinajstić information content (AvgIpc) is 3.11. The molecule has 0 atom stereocenters. The molecule has 0 amide bonds. The largest absolute Gasteiger partial charge is 0.317 e. The molecule has 0 radical (unpaired) electrons. The molecule has 0 unspecified atom stereocenters. The van der Waals surface area contributed by atoms with Crippen LogP contribution in [0, 0.1) is 0 Å². The predicted octanol–water partition coefficient (Wildman–Crippen LogP) is 4.77. The summed E-state index contributed by atoms with van der Waals surface area (Å²) in [6.07, 6.45) is 3.13. The summed E-state index contributed by atoms with van der Waals surface area (Å²) < 4.78 is 29.2. The van der Waals surface area contributed by atoms with Crippen LogP contribution >= 0.6 is 0 Å². The number of aromatic nitrogens is 1. The molecule has 1 heterocycles. The first-order valence-corrected chi connectivity index (χ1v) is 10.4. The molecule has 0 N–H and O–H groups in total. The quantitative estimate of drug-likeness (QED) is 0.471. The molecule has 0 aliphatic heterocycles. The maximum atomic E-state index is 11.1. The van der Waals surface area contributed by atoms with Crippen LogP contribution in [0.15, 0.2) is 85.1 Å². The van der Waals surface area contributed by atoms with Gasteiger partial charge in [-0.3, -0.25) is 4.18 Å². The van der Waals surface area contributed by atoms with Gasteiger partial charge in [-0.15, -0.1) is 0 Å². The van der Waals surface area contributed by atoms with E-state index in [-0.39, 0.29) is 6.61 Å². The van der Waals surface area contributed by atoms with Crippen molar-refractivity contribution >= 4 is 21.0 Å². The summed E-state index contributed by atoms with van der Waals surface area (Å²) in [5.74, 6) is 0. The van der Waals surface area contributed by atoms with Crippen molar-refractivity contribution in [3.63, 3.8) is 0 Å². The Morgan fingerprint density at radius 3 is 2.11 bits per heavy atom. The summed E-state index contributed by atoms with van der Waals surface area (Å²) in [7, 11) is -3.43. The fourth-order valence-electron chi connectivity index (χ4n) is 3.09. The summed E-state index contributed by atoms with van der Waals surface area (Å²) >= 11 is 0. The molecular formula is C22H19NO3S. The molecule has 0 saturated carbocycles. The van der Waals surface area contributed by atoms with Crippen LogP contribution in [0.25, 0.3) is 27.7 Å². The highest BCUT2D eigenvalue weighted by Crippen LogP contribution is 2.24. The Labute approximate surface area is 158 Å². The van der Waals surface area contributed by atoms with Gasteiger partial charge < -0.3 is 4.57 Å². The predicted molar refractivity (Wildman–Crippen MR) is 108 cm³/mol. The van der Waals surface area contributed by atoms with Crippen LogP contribution < -0.4 is 0 Å². The SMILES string of the molecule is CS(=O)(=O)OCc1ccc(-c2ccc(-n3ccc4ccccc43)cc2)cc1. The topological polar surface area (TPSA) is 48.3 Å². The number of hydrogen-bond acceptors (Lipinski definition) is 3. The molecule has 5 heteroatoms. The lowest BCUT2D eigenvalue weighted by Crippen LogP contribution is -2.02. The van der Waals surface area contributed by atoms with Gasteiger partial charge in [0.05, 0.1) is 18.4 Å². The first-order chi connectivity index (χ1) is 13.0. The number of hydrogen-bond donors (Lipinski definition) is 0. The van der Waals surface area contributed by atoms with E-state index in [1.165, 1.54) is 10.9 Å². The van der Waals surface area contributed by atoms with Crippen LogP contribution in [0.3, 0.4) is 0 Å². The smallest absolute Gasteiger partial charge is 0.264 e. The third kappa shape index (κ3) is 3.94. The minimum Gasteiger partial charge on any atom is -0.317 e. The highest BCUT2D eigenvalue weighted by atomic mass is 32.2. The van der Waals surface area contributed by atoms with Gasteiger partial charge in [0.25, 0.3) is 10.1 Å². The van der Waals surface area contributed by atoms with E-state index in [9.17, 15) is 8.42 Å². The minimum atomic E-state index is -3.43. The Kier molecular flexibility index (Phi) is 4.56. The zero-order chi connectivity index (χ0) is 18.9. The van der Waals surface area contributed by atoms with Gasteiger partial charge in [-0.2, -0.15) is 8.42 Å². The van der Waals surface area contributed by atoms with Gasteiger partial charge in [-0.1, -0.05) is 54.6 Å². The maximum absolute atomic E-state index is 11.1. The lowest BCUT2D eigenvalue weighted by atomic mass is 10.0. The Bertz CT molecular complexity index is 1170. The molecular weight excluding hydrogens is 358 g/mol. The summed E-state index contributed by atoms with van der Waals surface area (Å²) in [4.78, 5) is 0. The first kappa shape index (κ1) is 17.5. The monoisotopic (exact) mass is 377 g/mol. The van der Waals surface area contributed by atoms with Crippen LogP contribution in [0.2, 0.25) is 0 Å². The summed E-state index contributed by atoms with van der Waals surface area (Å²) in [6.45, 7) is 0.0543. The van der Waals surface area contributed by atoms with Crippen molar-refractivity contribution in [1.29, 1.82) is 0 Å². The number of fused-ring (bicyclic) bond motifs is 1. The zero-order valence-corrected chi connectivity index (χ0v) is 15.7. The van der Waals surface area contributed by atoms with Crippen LogP contribution in [0.1, 0.15) is 5.56 Å². The van der Waals surface area contributed by atoms with Gasteiger partial charge in [-0.25, -0.2) is 0 Å². The summed E-state index contributed by atoms with van der Waals surface area (Å²) in [6, 6.07) is 26.5. The summed E-state index contributed by atoms with van der Waals surface area (Å²) in [5, 5.41) is 1.22. The Balaban J connectivity index is 1.55. The molecule has 136 valence electrons. The van der Waals surface area contributed by atoms with E-state index in [1.807, 2.05) is 36.4 Å². The van der Waals surface area contributed by atoms with Crippen molar-refractivity contribution in [2.45, 2.75) is 6.61 Å². The van der Waals surface area contributed by atoms with Crippen molar-refractivity contribution in [2.24, 2.45) is 0 Å². The van der Waals surface area contributed by atoms with Crippen molar-refractivity contribution in [3.05, 3.63) is 90.6 Å². The molecule has 4 aromatic rings. The van der Waals surface area contributed by atoms with Gasteiger partial charge in [0.2, 0.25) is 0 Å². The van der Waals surface area contributed by atoms with E-state index in [0.29, 0.717) is 0 Å². The summed E-state index contributed by atoms with van der Waals surface area (Å²) in [5.41, 5.74) is 5.28. The van der Waals surface area contributed by atoms with E-state index in [2.05, 4.69) is 53.2 Å².